The quantitative estimate of drug-likeness (QED) is 0.815. The van der Waals surface area contributed by atoms with E-state index in [0.29, 0.717) is 12.1 Å². The molecule has 1 aliphatic heterocycles. The Balaban J connectivity index is 1.79. The summed E-state index contributed by atoms with van der Waals surface area (Å²) < 4.78 is 5.52. The highest BCUT2D eigenvalue weighted by molar-refractivity contribution is 5.69. The van der Waals surface area contributed by atoms with Crippen molar-refractivity contribution >= 4 is 6.09 Å². The highest BCUT2D eigenvalue weighted by Gasteiger charge is 2.32. The van der Waals surface area contributed by atoms with Gasteiger partial charge >= 0.3 is 6.09 Å². The van der Waals surface area contributed by atoms with Crippen molar-refractivity contribution in [1.29, 1.82) is 0 Å². The second kappa shape index (κ2) is 6.99. The number of hydrogen-bond donors (Lipinski definition) is 1. The van der Waals surface area contributed by atoms with Gasteiger partial charge in [0.1, 0.15) is 5.60 Å². The van der Waals surface area contributed by atoms with Gasteiger partial charge in [-0.25, -0.2) is 4.79 Å². The molecule has 1 N–H and O–H groups in total. The smallest absolute Gasteiger partial charge is 0.410 e. The van der Waals surface area contributed by atoms with E-state index in [1.165, 1.54) is 25.7 Å². The Morgan fingerprint density at radius 3 is 2.62 bits per heavy atom. The molecule has 2 fully saturated rings. The molecule has 0 radical (unpaired) electrons. The van der Waals surface area contributed by atoms with Gasteiger partial charge < -0.3 is 15.0 Å². The molecule has 0 bridgehead atoms. The summed E-state index contributed by atoms with van der Waals surface area (Å²) in [6, 6.07) is 0.909. The van der Waals surface area contributed by atoms with Gasteiger partial charge in [0.2, 0.25) is 0 Å². The second-order valence-corrected chi connectivity index (χ2v) is 7.66. The molecule has 4 nitrogen and oxygen atoms in total. The third-order valence-electron chi connectivity index (χ3n) is 4.45. The van der Waals surface area contributed by atoms with Crippen molar-refractivity contribution in [2.45, 2.75) is 83.9 Å². The SMILES string of the molecule is CCC(CC1CC1)NCC1CCCN1C(=O)OC(C)(C)C. The van der Waals surface area contributed by atoms with Gasteiger partial charge in [-0.3, -0.25) is 0 Å². The fourth-order valence-electron chi connectivity index (χ4n) is 3.06. The van der Waals surface area contributed by atoms with Gasteiger partial charge in [-0.2, -0.15) is 0 Å². The first kappa shape index (κ1) is 16.6. The molecule has 4 heteroatoms. The molecule has 1 amide bonds. The number of carbonyl (C=O) groups is 1. The molecule has 1 heterocycles. The summed E-state index contributed by atoms with van der Waals surface area (Å²) in [5.74, 6) is 0.952. The molecule has 2 unspecified atom stereocenters. The highest BCUT2D eigenvalue weighted by Crippen LogP contribution is 2.34. The number of amides is 1. The molecule has 0 aromatic heterocycles. The molecule has 1 saturated heterocycles. The van der Waals surface area contributed by atoms with Crippen molar-refractivity contribution in [3.05, 3.63) is 0 Å². The maximum atomic E-state index is 12.2. The molecular weight excluding hydrogens is 264 g/mol. The zero-order valence-electron chi connectivity index (χ0n) is 14.2. The number of carbonyl (C=O) groups excluding carboxylic acids is 1. The summed E-state index contributed by atoms with van der Waals surface area (Å²) in [6.07, 6.45) is 7.32. The normalized spacial score (nSPS) is 24.2. The predicted octanol–water partition coefficient (Wildman–Crippen LogP) is 3.55. The summed E-state index contributed by atoms with van der Waals surface area (Å²) >= 11 is 0. The van der Waals surface area contributed by atoms with Gasteiger partial charge in [0.15, 0.2) is 0 Å². The monoisotopic (exact) mass is 296 g/mol. The second-order valence-electron chi connectivity index (χ2n) is 7.66. The summed E-state index contributed by atoms with van der Waals surface area (Å²) in [5, 5.41) is 3.68. The van der Waals surface area contributed by atoms with Gasteiger partial charge in [-0.15, -0.1) is 0 Å². The summed E-state index contributed by atoms with van der Waals surface area (Å²) in [6.45, 7) is 9.77. The van der Waals surface area contributed by atoms with Crippen LogP contribution in [0.2, 0.25) is 0 Å². The lowest BCUT2D eigenvalue weighted by molar-refractivity contribution is 0.0224. The maximum Gasteiger partial charge on any atom is 0.410 e. The van der Waals surface area contributed by atoms with Crippen LogP contribution in [0.3, 0.4) is 0 Å². The number of rotatable bonds is 6. The zero-order valence-corrected chi connectivity index (χ0v) is 14.2. The minimum Gasteiger partial charge on any atom is -0.444 e. The molecule has 1 saturated carbocycles. The largest absolute Gasteiger partial charge is 0.444 e. The average Bonchev–Trinajstić information content (AvgIpc) is 3.07. The Bertz CT molecular complexity index is 347. The first-order chi connectivity index (χ1) is 9.89. The van der Waals surface area contributed by atoms with Crippen molar-refractivity contribution in [2.24, 2.45) is 5.92 Å². The first-order valence-corrected chi connectivity index (χ1v) is 8.62. The van der Waals surface area contributed by atoms with Crippen molar-refractivity contribution in [3.63, 3.8) is 0 Å². The van der Waals surface area contributed by atoms with E-state index >= 15 is 0 Å². The Hall–Kier alpha value is -0.770. The molecule has 2 aliphatic rings. The summed E-state index contributed by atoms with van der Waals surface area (Å²) in [4.78, 5) is 14.2. The average molecular weight is 296 g/mol. The van der Waals surface area contributed by atoms with Gasteiger partial charge in [-0.1, -0.05) is 19.8 Å². The van der Waals surface area contributed by atoms with Gasteiger partial charge in [0.25, 0.3) is 0 Å². The van der Waals surface area contributed by atoms with Crippen molar-refractivity contribution in [3.8, 4) is 0 Å². The van der Waals surface area contributed by atoms with Crippen LogP contribution in [-0.2, 0) is 4.74 Å². The zero-order chi connectivity index (χ0) is 15.5. The van der Waals surface area contributed by atoms with Crippen LogP contribution in [0.5, 0.6) is 0 Å². The van der Waals surface area contributed by atoms with Crippen molar-refractivity contribution in [1.82, 2.24) is 10.2 Å². The standard InChI is InChI=1S/C17H32N2O2/c1-5-14(11-13-8-9-13)18-12-15-7-6-10-19(15)16(20)21-17(2,3)4/h13-15,18H,5-12H2,1-4H3. The topological polar surface area (TPSA) is 41.6 Å². The lowest BCUT2D eigenvalue weighted by Crippen LogP contribution is -2.46. The molecular formula is C17H32N2O2. The van der Waals surface area contributed by atoms with Crippen molar-refractivity contribution < 1.29 is 9.53 Å². The Kier molecular flexibility index (Phi) is 5.53. The number of ether oxygens (including phenoxy) is 1. The van der Waals surface area contributed by atoms with E-state index < -0.39 is 5.60 Å². The minimum absolute atomic E-state index is 0.151. The third-order valence-corrected chi connectivity index (χ3v) is 4.45. The lowest BCUT2D eigenvalue weighted by Gasteiger charge is -2.29. The van der Waals surface area contributed by atoms with E-state index in [0.717, 1.165) is 31.8 Å². The van der Waals surface area contributed by atoms with Crippen LogP contribution in [0.1, 0.15) is 66.2 Å². The fourth-order valence-corrected chi connectivity index (χ4v) is 3.06. The van der Waals surface area contributed by atoms with E-state index in [-0.39, 0.29) is 6.09 Å². The Morgan fingerprint density at radius 1 is 1.33 bits per heavy atom. The summed E-state index contributed by atoms with van der Waals surface area (Å²) in [5.41, 5.74) is -0.407. The van der Waals surface area contributed by atoms with Gasteiger partial charge in [0.05, 0.1) is 0 Å². The third kappa shape index (κ3) is 5.50. The molecule has 2 atom stereocenters. The number of hydrogen-bond acceptors (Lipinski definition) is 3. The molecule has 21 heavy (non-hydrogen) atoms. The van der Waals surface area contributed by atoms with Gasteiger partial charge in [-0.05, 0) is 52.4 Å². The van der Waals surface area contributed by atoms with Crippen LogP contribution in [0, 0.1) is 5.92 Å². The van der Waals surface area contributed by atoms with Crippen LogP contribution < -0.4 is 5.32 Å². The predicted molar refractivity (Wildman–Crippen MR) is 85.4 cm³/mol. The Labute approximate surface area is 129 Å². The first-order valence-electron chi connectivity index (χ1n) is 8.62. The van der Waals surface area contributed by atoms with E-state index in [4.69, 9.17) is 4.74 Å². The lowest BCUT2D eigenvalue weighted by atomic mass is 10.1. The van der Waals surface area contributed by atoms with Crippen LogP contribution in [0.25, 0.3) is 0 Å². The van der Waals surface area contributed by atoms with Crippen molar-refractivity contribution in [2.75, 3.05) is 13.1 Å². The molecule has 1 aliphatic carbocycles. The van der Waals surface area contributed by atoms with Crippen LogP contribution in [0.4, 0.5) is 4.79 Å². The number of likely N-dealkylation sites (tertiary alicyclic amines) is 1. The van der Waals surface area contributed by atoms with Crippen LogP contribution in [0.15, 0.2) is 0 Å². The van der Waals surface area contributed by atoms with E-state index in [9.17, 15) is 4.79 Å². The number of nitrogens with one attached hydrogen (secondary N) is 1. The molecule has 2 rings (SSSR count). The maximum absolute atomic E-state index is 12.2. The van der Waals surface area contributed by atoms with E-state index in [1.54, 1.807) is 0 Å². The molecule has 122 valence electrons. The highest BCUT2D eigenvalue weighted by atomic mass is 16.6. The van der Waals surface area contributed by atoms with E-state index in [1.807, 2.05) is 25.7 Å². The van der Waals surface area contributed by atoms with Crippen LogP contribution >= 0.6 is 0 Å². The molecule has 0 aromatic rings. The number of nitrogens with zero attached hydrogens (tertiary/aromatic N) is 1. The summed E-state index contributed by atoms with van der Waals surface area (Å²) in [7, 11) is 0. The van der Waals surface area contributed by atoms with E-state index in [2.05, 4.69) is 12.2 Å². The van der Waals surface area contributed by atoms with Gasteiger partial charge in [0, 0.05) is 25.2 Å². The molecule has 0 aromatic carbocycles. The minimum atomic E-state index is -0.407. The van der Waals surface area contributed by atoms with Crippen LogP contribution in [-0.4, -0.2) is 41.8 Å². The molecule has 0 spiro atoms. The Morgan fingerprint density at radius 2 is 2.05 bits per heavy atom. The fraction of sp³-hybridized carbons (Fsp3) is 0.941.